The number of likely N-dealkylation sites (tertiary alicyclic amines) is 1. The summed E-state index contributed by atoms with van der Waals surface area (Å²) in [5, 5.41) is 5.16. The maximum absolute atomic E-state index is 13.2. The van der Waals surface area contributed by atoms with Crippen LogP contribution in [0.5, 0.6) is 0 Å². The number of piperidine rings is 1. The molecule has 3 rings (SSSR count). The molecule has 0 spiro atoms. The lowest BCUT2D eigenvalue weighted by atomic mass is 9.86. The minimum absolute atomic E-state index is 0.0555. The average molecular weight is 303 g/mol. The summed E-state index contributed by atoms with van der Waals surface area (Å²) in [6, 6.07) is 4.68. The first-order valence-electron chi connectivity index (χ1n) is 8.22. The van der Waals surface area contributed by atoms with Gasteiger partial charge in [-0.3, -0.25) is 4.90 Å². The molecule has 2 aromatic rings. The fourth-order valence-corrected chi connectivity index (χ4v) is 3.55. The number of halogens is 1. The Morgan fingerprint density at radius 3 is 2.64 bits per heavy atom. The lowest BCUT2D eigenvalue weighted by Crippen LogP contribution is -2.49. The molecule has 22 heavy (non-hydrogen) atoms. The Morgan fingerprint density at radius 2 is 2.00 bits per heavy atom. The van der Waals surface area contributed by atoms with Crippen molar-refractivity contribution in [3.05, 3.63) is 36.6 Å². The molecule has 4 heteroatoms. The summed E-state index contributed by atoms with van der Waals surface area (Å²) >= 11 is 0. The Morgan fingerprint density at radius 1 is 1.32 bits per heavy atom. The molecule has 0 amide bonds. The zero-order chi connectivity index (χ0) is 15.7. The van der Waals surface area contributed by atoms with E-state index < -0.39 is 0 Å². The predicted molar refractivity (Wildman–Crippen MR) is 86.2 cm³/mol. The van der Waals surface area contributed by atoms with Gasteiger partial charge in [-0.25, -0.2) is 4.39 Å². The van der Waals surface area contributed by atoms with Gasteiger partial charge in [-0.1, -0.05) is 19.0 Å². The molecule has 3 nitrogen and oxygen atoms in total. The summed E-state index contributed by atoms with van der Waals surface area (Å²) in [6.45, 7) is 10.9. The standard InChI is InChI=1S/C18H24FN2O/c1-4-18(3,5-2)21-10-8-13(9-11-21)17-15-7-6-14(19)12-16(15)22-20-17/h6-7,12-13H,3-5,8-11H2,1-2H3. The second-order valence-corrected chi connectivity index (χ2v) is 6.40. The van der Waals surface area contributed by atoms with E-state index in [2.05, 4.69) is 30.8 Å². The number of benzene rings is 1. The quantitative estimate of drug-likeness (QED) is 0.830. The van der Waals surface area contributed by atoms with Crippen LogP contribution >= 0.6 is 0 Å². The molecule has 1 aliphatic rings. The topological polar surface area (TPSA) is 29.3 Å². The largest absolute Gasteiger partial charge is 0.356 e. The van der Waals surface area contributed by atoms with Gasteiger partial charge in [0.1, 0.15) is 5.82 Å². The number of nitrogens with zero attached hydrogens (tertiary/aromatic N) is 2. The summed E-state index contributed by atoms with van der Waals surface area (Å²) in [6.07, 6.45) is 4.24. The van der Waals surface area contributed by atoms with Crippen molar-refractivity contribution in [2.75, 3.05) is 13.1 Å². The van der Waals surface area contributed by atoms with E-state index in [1.165, 1.54) is 12.1 Å². The molecule has 2 heterocycles. The SMILES string of the molecule is [CH2]C(CC)(CC)N1CCC(c2noc3cc(F)ccc23)CC1. The van der Waals surface area contributed by atoms with Crippen molar-refractivity contribution in [2.45, 2.75) is 51.0 Å². The molecule has 0 unspecified atom stereocenters. The first-order chi connectivity index (χ1) is 10.6. The minimum atomic E-state index is -0.280. The molecule has 0 N–H and O–H groups in total. The molecule has 0 saturated carbocycles. The van der Waals surface area contributed by atoms with E-state index in [1.54, 1.807) is 6.07 Å². The Bertz CT molecular complexity index is 640. The molecule has 1 saturated heterocycles. The van der Waals surface area contributed by atoms with Crippen LogP contribution < -0.4 is 0 Å². The highest BCUT2D eigenvalue weighted by Gasteiger charge is 2.33. The van der Waals surface area contributed by atoms with Crippen LogP contribution in [0.25, 0.3) is 11.0 Å². The highest BCUT2D eigenvalue weighted by Crippen LogP contribution is 2.35. The van der Waals surface area contributed by atoms with E-state index in [4.69, 9.17) is 4.52 Å². The van der Waals surface area contributed by atoms with E-state index in [0.717, 1.165) is 49.9 Å². The van der Waals surface area contributed by atoms with Gasteiger partial charge < -0.3 is 4.52 Å². The zero-order valence-electron chi connectivity index (χ0n) is 13.4. The molecule has 119 valence electrons. The lowest BCUT2D eigenvalue weighted by molar-refractivity contribution is 0.0862. The van der Waals surface area contributed by atoms with Crippen LogP contribution in [0.4, 0.5) is 4.39 Å². The van der Waals surface area contributed by atoms with Gasteiger partial charge in [0.25, 0.3) is 0 Å². The second-order valence-electron chi connectivity index (χ2n) is 6.40. The van der Waals surface area contributed by atoms with Gasteiger partial charge >= 0.3 is 0 Å². The van der Waals surface area contributed by atoms with Crippen LogP contribution in [-0.4, -0.2) is 28.7 Å². The third-order valence-electron chi connectivity index (χ3n) is 5.33. The molecule has 1 aromatic heterocycles. The first kappa shape index (κ1) is 15.5. The van der Waals surface area contributed by atoms with E-state index in [1.807, 2.05) is 0 Å². The first-order valence-corrected chi connectivity index (χ1v) is 8.22. The minimum Gasteiger partial charge on any atom is -0.356 e. The summed E-state index contributed by atoms with van der Waals surface area (Å²) < 4.78 is 18.6. The molecule has 0 atom stereocenters. The predicted octanol–water partition coefficient (Wildman–Crippen LogP) is 4.54. The maximum atomic E-state index is 13.2. The van der Waals surface area contributed by atoms with Crippen molar-refractivity contribution in [3.63, 3.8) is 0 Å². The highest BCUT2D eigenvalue weighted by molar-refractivity contribution is 5.79. The second kappa shape index (κ2) is 5.99. The van der Waals surface area contributed by atoms with Gasteiger partial charge in [-0.05, 0) is 57.8 Å². The summed E-state index contributed by atoms with van der Waals surface area (Å²) in [4.78, 5) is 2.51. The number of hydrogen-bond acceptors (Lipinski definition) is 3. The maximum Gasteiger partial charge on any atom is 0.170 e. The fourth-order valence-electron chi connectivity index (χ4n) is 3.55. The van der Waals surface area contributed by atoms with Crippen molar-refractivity contribution >= 4 is 11.0 Å². The summed E-state index contributed by atoms with van der Waals surface area (Å²) in [5.41, 5.74) is 1.59. The van der Waals surface area contributed by atoms with Gasteiger partial charge in [0.15, 0.2) is 5.58 Å². The highest BCUT2D eigenvalue weighted by atomic mass is 19.1. The molecular formula is C18H24FN2O. The van der Waals surface area contributed by atoms with Crippen LogP contribution in [0.3, 0.4) is 0 Å². The lowest BCUT2D eigenvalue weighted by Gasteiger charge is -2.44. The Labute approximate surface area is 131 Å². The molecule has 0 aliphatic carbocycles. The molecule has 1 aliphatic heterocycles. The van der Waals surface area contributed by atoms with Crippen LogP contribution in [0.2, 0.25) is 0 Å². The normalized spacial score (nSPS) is 18.2. The molecule has 0 bridgehead atoms. The van der Waals surface area contributed by atoms with E-state index in [9.17, 15) is 4.39 Å². The molecular weight excluding hydrogens is 279 g/mol. The van der Waals surface area contributed by atoms with Crippen molar-refractivity contribution in [1.29, 1.82) is 0 Å². The van der Waals surface area contributed by atoms with Crippen molar-refractivity contribution in [1.82, 2.24) is 10.1 Å². The number of rotatable bonds is 4. The zero-order valence-corrected chi connectivity index (χ0v) is 13.4. The molecule has 1 fully saturated rings. The fraction of sp³-hybridized carbons (Fsp3) is 0.556. The summed E-state index contributed by atoms with van der Waals surface area (Å²) in [5.74, 6) is 0.110. The van der Waals surface area contributed by atoms with Crippen LogP contribution in [0.15, 0.2) is 22.7 Å². The van der Waals surface area contributed by atoms with Crippen LogP contribution in [0.1, 0.15) is 51.1 Å². The van der Waals surface area contributed by atoms with Crippen molar-refractivity contribution in [3.8, 4) is 0 Å². The molecule has 1 aromatic carbocycles. The number of aromatic nitrogens is 1. The number of fused-ring (bicyclic) bond motifs is 1. The van der Waals surface area contributed by atoms with Crippen LogP contribution in [-0.2, 0) is 0 Å². The van der Waals surface area contributed by atoms with E-state index >= 15 is 0 Å². The monoisotopic (exact) mass is 303 g/mol. The third kappa shape index (κ3) is 2.65. The Kier molecular flexibility index (Phi) is 4.22. The summed E-state index contributed by atoms with van der Waals surface area (Å²) in [7, 11) is 0. The van der Waals surface area contributed by atoms with E-state index in [0.29, 0.717) is 11.5 Å². The molecule has 1 radical (unpaired) electrons. The number of hydrogen-bond donors (Lipinski definition) is 0. The third-order valence-corrected chi connectivity index (χ3v) is 5.33. The Hall–Kier alpha value is -1.42. The van der Waals surface area contributed by atoms with Crippen LogP contribution in [0, 0.1) is 12.7 Å². The average Bonchev–Trinajstić information content (AvgIpc) is 2.97. The van der Waals surface area contributed by atoms with Crippen molar-refractivity contribution < 1.29 is 8.91 Å². The smallest absolute Gasteiger partial charge is 0.170 e. The van der Waals surface area contributed by atoms with Crippen molar-refractivity contribution in [2.24, 2.45) is 0 Å². The van der Waals surface area contributed by atoms with Gasteiger partial charge in [0.2, 0.25) is 0 Å². The van der Waals surface area contributed by atoms with Gasteiger partial charge in [-0.2, -0.15) is 0 Å². The van der Waals surface area contributed by atoms with Gasteiger partial charge in [0.05, 0.1) is 5.69 Å². The van der Waals surface area contributed by atoms with Gasteiger partial charge in [-0.15, -0.1) is 0 Å². The van der Waals surface area contributed by atoms with E-state index in [-0.39, 0.29) is 11.4 Å². The van der Waals surface area contributed by atoms with Gasteiger partial charge in [0, 0.05) is 22.9 Å². The Balaban J connectivity index is 1.76.